The number of nitrogens with one attached hydrogen (secondary N) is 2. The highest BCUT2D eigenvalue weighted by Crippen LogP contribution is 2.39. The maximum Gasteiger partial charge on any atom is 0.317 e. The Morgan fingerprint density at radius 1 is 0.804 bits per heavy atom. The van der Waals surface area contributed by atoms with Gasteiger partial charge in [0, 0.05) is 70.6 Å². The molecule has 5 aliphatic heterocycles. The van der Waals surface area contributed by atoms with E-state index in [9.17, 15) is 28.8 Å². The standard InChI is InChI=1S/C41H47N7O8/c1-42-41(54)47-12-9-27-30(20-44(2)38(51)31(27)22-47)24-15-34(55-3)32(35(16-24)56-4)21-45-10-7-23(8-11-45)17-46-18-25-13-28-29(14-26(25)19-46)40(53)48(39(28)52)33-5-6-36(49)43-37(33)50/h13-16,20,23,33H,5-12,17-19,21-22H2,1-4H3,(H,42,54)(H,43,49,50). The van der Waals surface area contributed by atoms with Crippen molar-refractivity contribution in [2.45, 2.75) is 64.3 Å². The van der Waals surface area contributed by atoms with Gasteiger partial charge in [-0.1, -0.05) is 0 Å². The van der Waals surface area contributed by atoms with Crippen molar-refractivity contribution >= 4 is 29.7 Å². The first-order chi connectivity index (χ1) is 27.0. The molecular weight excluding hydrogens is 718 g/mol. The Hall–Kier alpha value is -5.54. The van der Waals surface area contributed by atoms with Gasteiger partial charge in [0.1, 0.15) is 17.5 Å². The Labute approximate surface area is 324 Å². The number of hydrogen-bond donors (Lipinski definition) is 2. The van der Waals surface area contributed by atoms with Crippen LogP contribution in [-0.4, -0.2) is 107 Å². The SMILES string of the molecule is CNC(=O)N1CCc2c(-c3cc(OC)c(CN4CCC(CN5Cc6cc7c(cc6C5)C(=O)N(C5CCC(=O)NC5=O)C7=O)CC4)c(OC)c3)cn(C)c(=O)c2C1. The lowest BCUT2D eigenvalue weighted by Crippen LogP contribution is -2.54. The molecule has 6 heterocycles. The Kier molecular flexibility index (Phi) is 9.91. The maximum absolute atomic E-state index is 13.4. The van der Waals surface area contributed by atoms with Gasteiger partial charge in [-0.25, -0.2) is 4.79 Å². The van der Waals surface area contributed by atoms with Crippen molar-refractivity contribution in [2.75, 3.05) is 47.4 Å². The second-order valence-corrected chi connectivity index (χ2v) is 15.5. The average Bonchev–Trinajstić information content (AvgIpc) is 3.70. The molecular formula is C41H47N7O8. The van der Waals surface area contributed by atoms with Crippen LogP contribution in [0.4, 0.5) is 4.79 Å². The molecule has 294 valence electrons. The Balaban J connectivity index is 0.909. The van der Waals surface area contributed by atoms with Crippen LogP contribution in [0.1, 0.15) is 74.2 Å². The Morgan fingerprint density at radius 2 is 1.45 bits per heavy atom. The van der Waals surface area contributed by atoms with Crippen LogP contribution in [0.5, 0.6) is 11.5 Å². The molecule has 0 spiro atoms. The van der Waals surface area contributed by atoms with E-state index in [1.807, 2.05) is 30.5 Å². The largest absolute Gasteiger partial charge is 0.496 e. The molecule has 0 aliphatic carbocycles. The number of rotatable bonds is 8. The Morgan fingerprint density at radius 3 is 2.04 bits per heavy atom. The third kappa shape index (κ3) is 6.61. The number of methoxy groups -OCH3 is 2. The summed E-state index contributed by atoms with van der Waals surface area (Å²) in [6.45, 7) is 5.51. The number of likely N-dealkylation sites (tertiary alicyclic amines) is 1. The van der Waals surface area contributed by atoms with Crippen LogP contribution in [0, 0.1) is 5.92 Å². The highest BCUT2D eigenvalue weighted by Gasteiger charge is 2.45. The number of ether oxygens (including phenoxy) is 2. The molecule has 8 rings (SSSR count). The van der Waals surface area contributed by atoms with Crippen LogP contribution in [0.3, 0.4) is 0 Å². The van der Waals surface area contributed by atoms with Crippen LogP contribution >= 0.6 is 0 Å². The van der Waals surface area contributed by atoms with Gasteiger partial charge in [-0.05, 0) is 91.2 Å². The first-order valence-electron chi connectivity index (χ1n) is 19.2. The molecule has 3 aromatic rings. The summed E-state index contributed by atoms with van der Waals surface area (Å²) < 4.78 is 13.5. The monoisotopic (exact) mass is 765 g/mol. The number of benzene rings is 2. The van der Waals surface area contributed by atoms with Gasteiger partial charge in [0.2, 0.25) is 11.8 Å². The van der Waals surface area contributed by atoms with Crippen LogP contribution in [0.2, 0.25) is 0 Å². The minimum absolute atomic E-state index is 0.0912. The van der Waals surface area contributed by atoms with Crippen molar-refractivity contribution in [2.24, 2.45) is 13.0 Å². The smallest absolute Gasteiger partial charge is 0.317 e. The fourth-order valence-corrected chi connectivity index (χ4v) is 9.16. The van der Waals surface area contributed by atoms with E-state index < -0.39 is 29.7 Å². The summed E-state index contributed by atoms with van der Waals surface area (Å²) in [6.07, 6.45) is 4.68. The van der Waals surface area contributed by atoms with E-state index >= 15 is 0 Å². The minimum atomic E-state index is -0.971. The van der Waals surface area contributed by atoms with Gasteiger partial charge in [-0.2, -0.15) is 0 Å². The number of carbonyl (C=O) groups is 5. The molecule has 2 N–H and O–H groups in total. The lowest BCUT2D eigenvalue weighted by molar-refractivity contribution is -0.136. The summed E-state index contributed by atoms with van der Waals surface area (Å²) in [7, 11) is 6.65. The maximum atomic E-state index is 13.4. The fraction of sp³-hybridized carbons (Fsp3) is 0.463. The molecule has 6 amide bonds. The van der Waals surface area contributed by atoms with Gasteiger partial charge in [-0.3, -0.25) is 44.0 Å². The molecule has 1 aromatic heterocycles. The molecule has 2 aromatic carbocycles. The van der Waals surface area contributed by atoms with E-state index in [4.69, 9.17) is 9.47 Å². The van der Waals surface area contributed by atoms with Crippen LogP contribution in [0.25, 0.3) is 11.1 Å². The predicted octanol–water partition coefficient (Wildman–Crippen LogP) is 2.40. The molecule has 15 nitrogen and oxygen atoms in total. The Bertz CT molecular complexity index is 2160. The summed E-state index contributed by atoms with van der Waals surface area (Å²) in [5.74, 6) is -0.0332. The first-order valence-corrected chi connectivity index (χ1v) is 19.2. The van der Waals surface area contributed by atoms with Crippen molar-refractivity contribution in [1.29, 1.82) is 0 Å². The van der Waals surface area contributed by atoms with E-state index in [1.54, 1.807) is 37.8 Å². The molecule has 0 bridgehead atoms. The predicted molar refractivity (Wildman–Crippen MR) is 204 cm³/mol. The second kappa shape index (κ2) is 14.8. The zero-order valence-electron chi connectivity index (χ0n) is 32.2. The molecule has 15 heteroatoms. The van der Waals surface area contributed by atoms with E-state index in [-0.39, 0.29) is 31.0 Å². The van der Waals surface area contributed by atoms with E-state index in [1.165, 1.54) is 0 Å². The summed E-state index contributed by atoms with van der Waals surface area (Å²) >= 11 is 0. The number of imide groups is 2. The molecule has 56 heavy (non-hydrogen) atoms. The molecule has 2 fully saturated rings. The molecule has 1 atom stereocenters. The number of amides is 6. The van der Waals surface area contributed by atoms with E-state index in [2.05, 4.69) is 20.4 Å². The van der Waals surface area contributed by atoms with Crippen LogP contribution in [-0.2, 0) is 49.2 Å². The molecule has 5 aliphatic rings. The lowest BCUT2D eigenvalue weighted by atomic mass is 9.91. The zero-order chi connectivity index (χ0) is 39.4. The second-order valence-electron chi connectivity index (χ2n) is 15.5. The summed E-state index contributed by atoms with van der Waals surface area (Å²) in [5, 5.41) is 4.91. The third-order valence-electron chi connectivity index (χ3n) is 12.1. The van der Waals surface area contributed by atoms with Crippen molar-refractivity contribution in [3.05, 3.63) is 79.8 Å². The lowest BCUT2D eigenvalue weighted by Gasteiger charge is -2.34. The van der Waals surface area contributed by atoms with Gasteiger partial charge >= 0.3 is 6.03 Å². The number of piperidine rings is 2. The summed E-state index contributed by atoms with van der Waals surface area (Å²) in [5.41, 5.74) is 6.93. The fourth-order valence-electron chi connectivity index (χ4n) is 9.16. The zero-order valence-corrected chi connectivity index (χ0v) is 32.2. The number of aromatic nitrogens is 1. The molecule has 2 saturated heterocycles. The van der Waals surface area contributed by atoms with Gasteiger partial charge in [0.25, 0.3) is 17.4 Å². The topological polar surface area (TPSA) is 163 Å². The van der Waals surface area contributed by atoms with E-state index in [0.29, 0.717) is 66.7 Å². The minimum Gasteiger partial charge on any atom is -0.496 e. The normalized spacial score (nSPS) is 20.2. The highest BCUT2D eigenvalue weighted by atomic mass is 16.5. The van der Waals surface area contributed by atoms with Crippen molar-refractivity contribution in [1.82, 2.24) is 34.8 Å². The molecule has 0 radical (unpaired) electrons. The first kappa shape index (κ1) is 37.4. The van der Waals surface area contributed by atoms with Gasteiger partial charge in [-0.15, -0.1) is 0 Å². The number of fused-ring (bicyclic) bond motifs is 3. The number of urea groups is 1. The molecule has 1 unspecified atom stereocenters. The number of carbonyl (C=O) groups excluding carboxylic acids is 5. The van der Waals surface area contributed by atoms with Gasteiger partial charge in [0.05, 0.1) is 37.5 Å². The summed E-state index contributed by atoms with van der Waals surface area (Å²) in [6, 6.07) is 6.50. The summed E-state index contributed by atoms with van der Waals surface area (Å²) in [4.78, 5) is 83.8. The van der Waals surface area contributed by atoms with E-state index in [0.717, 1.165) is 70.8 Å². The number of aryl methyl sites for hydroxylation is 1. The number of nitrogens with zero attached hydrogens (tertiary/aromatic N) is 5. The quantitative estimate of drug-likeness (QED) is 0.326. The highest BCUT2D eigenvalue weighted by molar-refractivity contribution is 6.23. The third-order valence-corrected chi connectivity index (χ3v) is 12.1. The van der Waals surface area contributed by atoms with Gasteiger partial charge < -0.3 is 24.3 Å². The van der Waals surface area contributed by atoms with Crippen molar-refractivity contribution < 1.29 is 33.4 Å². The van der Waals surface area contributed by atoms with Crippen molar-refractivity contribution in [3.8, 4) is 22.6 Å². The van der Waals surface area contributed by atoms with Gasteiger partial charge in [0.15, 0.2) is 0 Å². The van der Waals surface area contributed by atoms with Crippen LogP contribution < -0.4 is 25.7 Å². The molecule has 0 saturated carbocycles. The number of pyridine rings is 1. The average molecular weight is 766 g/mol. The van der Waals surface area contributed by atoms with Crippen molar-refractivity contribution in [3.63, 3.8) is 0 Å². The number of hydrogen-bond acceptors (Lipinski definition) is 10. The van der Waals surface area contributed by atoms with Crippen LogP contribution in [0.15, 0.2) is 35.3 Å².